The second-order valence-electron chi connectivity index (χ2n) is 4.41. The van der Waals surface area contributed by atoms with Crippen LogP contribution >= 0.6 is 15.9 Å². The van der Waals surface area contributed by atoms with E-state index < -0.39 is 11.7 Å². The molecule has 2 aromatic carbocycles. The van der Waals surface area contributed by atoms with Crippen molar-refractivity contribution in [3.05, 3.63) is 63.9 Å². The minimum Gasteiger partial charge on any atom is -0.507 e. The molecule has 0 radical (unpaired) electrons. The molecule has 20 heavy (non-hydrogen) atoms. The van der Waals surface area contributed by atoms with Crippen molar-refractivity contribution < 1.29 is 14.3 Å². The van der Waals surface area contributed by atoms with Gasteiger partial charge in [-0.3, -0.25) is 4.79 Å². The Labute approximate surface area is 124 Å². The second kappa shape index (κ2) is 6.05. The first-order valence-corrected chi connectivity index (χ1v) is 6.81. The van der Waals surface area contributed by atoms with Crippen molar-refractivity contribution in [3.63, 3.8) is 0 Å². The van der Waals surface area contributed by atoms with Gasteiger partial charge in [0.25, 0.3) is 5.91 Å². The SMILES string of the molecule is C[C@@H](NC(=O)c1cc(F)ccc1O)c1ccc(Br)cc1. The molecular weight excluding hydrogens is 325 g/mol. The molecule has 0 fully saturated rings. The van der Waals surface area contributed by atoms with Crippen molar-refractivity contribution in [1.82, 2.24) is 5.32 Å². The van der Waals surface area contributed by atoms with Gasteiger partial charge in [-0.25, -0.2) is 4.39 Å². The predicted octanol–water partition coefficient (Wildman–Crippen LogP) is 3.78. The molecule has 2 rings (SSSR count). The van der Waals surface area contributed by atoms with Gasteiger partial charge in [-0.05, 0) is 42.8 Å². The lowest BCUT2D eigenvalue weighted by atomic mass is 10.1. The summed E-state index contributed by atoms with van der Waals surface area (Å²) >= 11 is 3.34. The van der Waals surface area contributed by atoms with Gasteiger partial charge in [0.05, 0.1) is 11.6 Å². The maximum atomic E-state index is 13.1. The van der Waals surface area contributed by atoms with Crippen LogP contribution in [0.3, 0.4) is 0 Å². The number of rotatable bonds is 3. The first kappa shape index (κ1) is 14.5. The van der Waals surface area contributed by atoms with E-state index in [1.807, 2.05) is 31.2 Å². The molecule has 0 aliphatic heterocycles. The molecular formula is C15H13BrFNO2. The van der Waals surface area contributed by atoms with Gasteiger partial charge in [0.15, 0.2) is 0 Å². The zero-order valence-electron chi connectivity index (χ0n) is 10.7. The fourth-order valence-electron chi connectivity index (χ4n) is 1.80. The Morgan fingerprint density at radius 2 is 1.90 bits per heavy atom. The van der Waals surface area contributed by atoms with E-state index in [0.717, 1.165) is 28.2 Å². The van der Waals surface area contributed by atoms with Gasteiger partial charge in [0.1, 0.15) is 11.6 Å². The smallest absolute Gasteiger partial charge is 0.255 e. The molecule has 0 aromatic heterocycles. The number of aromatic hydroxyl groups is 1. The fraction of sp³-hybridized carbons (Fsp3) is 0.133. The molecule has 2 N–H and O–H groups in total. The molecule has 0 spiro atoms. The van der Waals surface area contributed by atoms with E-state index >= 15 is 0 Å². The average Bonchev–Trinajstić information content (AvgIpc) is 2.42. The summed E-state index contributed by atoms with van der Waals surface area (Å²) in [5.41, 5.74) is 0.839. The molecule has 2 aromatic rings. The second-order valence-corrected chi connectivity index (χ2v) is 5.32. The van der Waals surface area contributed by atoms with Gasteiger partial charge in [-0.2, -0.15) is 0 Å². The maximum Gasteiger partial charge on any atom is 0.255 e. The number of hydrogen-bond acceptors (Lipinski definition) is 2. The van der Waals surface area contributed by atoms with Gasteiger partial charge >= 0.3 is 0 Å². The number of amides is 1. The normalized spacial score (nSPS) is 11.9. The molecule has 1 amide bonds. The number of halogens is 2. The van der Waals surface area contributed by atoms with Gasteiger partial charge in [-0.15, -0.1) is 0 Å². The number of benzene rings is 2. The van der Waals surface area contributed by atoms with Crippen LogP contribution in [-0.2, 0) is 0 Å². The predicted molar refractivity (Wildman–Crippen MR) is 78.1 cm³/mol. The molecule has 0 saturated carbocycles. The van der Waals surface area contributed by atoms with Crippen LogP contribution in [0.4, 0.5) is 4.39 Å². The molecule has 0 aliphatic carbocycles. The van der Waals surface area contributed by atoms with Crippen molar-refractivity contribution in [2.24, 2.45) is 0 Å². The Morgan fingerprint density at radius 1 is 1.25 bits per heavy atom. The summed E-state index contributed by atoms with van der Waals surface area (Å²) in [6.07, 6.45) is 0. The topological polar surface area (TPSA) is 49.3 Å². The van der Waals surface area contributed by atoms with E-state index in [1.54, 1.807) is 0 Å². The first-order valence-electron chi connectivity index (χ1n) is 6.02. The van der Waals surface area contributed by atoms with Crippen LogP contribution in [0.15, 0.2) is 46.9 Å². The Balaban J connectivity index is 2.15. The number of hydrogen-bond donors (Lipinski definition) is 2. The highest BCUT2D eigenvalue weighted by Gasteiger charge is 2.15. The van der Waals surface area contributed by atoms with Crippen LogP contribution in [0.1, 0.15) is 28.9 Å². The van der Waals surface area contributed by atoms with Gasteiger partial charge < -0.3 is 10.4 Å². The van der Waals surface area contributed by atoms with Crippen LogP contribution in [0.5, 0.6) is 5.75 Å². The van der Waals surface area contributed by atoms with Crippen LogP contribution < -0.4 is 5.32 Å². The third-order valence-electron chi connectivity index (χ3n) is 2.92. The summed E-state index contributed by atoms with van der Waals surface area (Å²) in [7, 11) is 0. The van der Waals surface area contributed by atoms with E-state index in [4.69, 9.17) is 0 Å². The van der Waals surface area contributed by atoms with Crippen LogP contribution in [-0.4, -0.2) is 11.0 Å². The lowest BCUT2D eigenvalue weighted by Gasteiger charge is -2.15. The summed E-state index contributed by atoms with van der Waals surface area (Å²) in [4.78, 5) is 12.0. The molecule has 1 atom stereocenters. The molecule has 0 heterocycles. The van der Waals surface area contributed by atoms with Crippen molar-refractivity contribution in [3.8, 4) is 5.75 Å². The van der Waals surface area contributed by atoms with Crippen molar-refractivity contribution in [2.75, 3.05) is 0 Å². The number of nitrogens with one attached hydrogen (secondary N) is 1. The minimum atomic E-state index is -0.566. The third kappa shape index (κ3) is 3.36. The fourth-order valence-corrected chi connectivity index (χ4v) is 2.06. The van der Waals surface area contributed by atoms with E-state index in [9.17, 15) is 14.3 Å². The number of phenolic OH excluding ortho intramolecular Hbond substituents is 1. The minimum absolute atomic E-state index is 0.0750. The summed E-state index contributed by atoms with van der Waals surface area (Å²) < 4.78 is 14.1. The van der Waals surface area contributed by atoms with Crippen LogP contribution in [0.25, 0.3) is 0 Å². The standard InChI is InChI=1S/C15H13BrFNO2/c1-9(10-2-4-11(16)5-3-10)18-15(20)13-8-12(17)6-7-14(13)19/h2-9,19H,1H3,(H,18,20)/t9-/m1/s1. The maximum absolute atomic E-state index is 13.1. The molecule has 5 heteroatoms. The van der Waals surface area contributed by atoms with E-state index in [2.05, 4.69) is 21.2 Å². The van der Waals surface area contributed by atoms with Crippen molar-refractivity contribution in [1.29, 1.82) is 0 Å². The molecule has 0 bridgehead atoms. The molecule has 0 saturated heterocycles. The Morgan fingerprint density at radius 3 is 2.55 bits per heavy atom. The van der Waals surface area contributed by atoms with Gasteiger partial charge in [0.2, 0.25) is 0 Å². The molecule has 0 aliphatic rings. The van der Waals surface area contributed by atoms with Crippen LogP contribution in [0.2, 0.25) is 0 Å². The van der Waals surface area contributed by atoms with E-state index in [0.29, 0.717) is 0 Å². The zero-order valence-corrected chi connectivity index (χ0v) is 12.3. The largest absolute Gasteiger partial charge is 0.507 e. The van der Waals surface area contributed by atoms with Crippen LogP contribution in [0, 0.1) is 5.82 Å². The summed E-state index contributed by atoms with van der Waals surface area (Å²) in [6, 6.07) is 10.5. The molecule has 0 unspecified atom stereocenters. The average molecular weight is 338 g/mol. The number of carbonyl (C=O) groups is 1. The lowest BCUT2D eigenvalue weighted by molar-refractivity contribution is 0.0936. The summed E-state index contributed by atoms with van der Waals surface area (Å²) in [5, 5.41) is 12.3. The Kier molecular flexibility index (Phi) is 4.39. The van der Waals surface area contributed by atoms with E-state index in [1.165, 1.54) is 0 Å². The zero-order chi connectivity index (χ0) is 14.7. The van der Waals surface area contributed by atoms with Gasteiger partial charge in [-0.1, -0.05) is 28.1 Å². The summed E-state index contributed by atoms with van der Waals surface area (Å²) in [5.74, 6) is -1.33. The molecule has 104 valence electrons. The van der Waals surface area contributed by atoms with E-state index in [-0.39, 0.29) is 17.4 Å². The van der Waals surface area contributed by atoms with Crippen molar-refractivity contribution >= 4 is 21.8 Å². The third-order valence-corrected chi connectivity index (χ3v) is 3.45. The Hall–Kier alpha value is -1.88. The van der Waals surface area contributed by atoms with Crippen molar-refractivity contribution in [2.45, 2.75) is 13.0 Å². The lowest BCUT2D eigenvalue weighted by Crippen LogP contribution is -2.26. The number of carbonyl (C=O) groups excluding carboxylic acids is 1. The Bertz CT molecular complexity index is 628. The highest BCUT2D eigenvalue weighted by atomic mass is 79.9. The highest BCUT2D eigenvalue weighted by Crippen LogP contribution is 2.20. The number of phenols is 1. The monoisotopic (exact) mass is 337 g/mol. The van der Waals surface area contributed by atoms with Gasteiger partial charge in [0, 0.05) is 4.47 Å². The quantitative estimate of drug-likeness (QED) is 0.895. The molecule has 3 nitrogen and oxygen atoms in total. The summed E-state index contributed by atoms with van der Waals surface area (Å²) in [6.45, 7) is 1.82. The first-order chi connectivity index (χ1) is 9.47. The highest BCUT2D eigenvalue weighted by molar-refractivity contribution is 9.10.